The molecule has 0 saturated heterocycles. The Bertz CT molecular complexity index is 1510. The van der Waals surface area contributed by atoms with E-state index in [9.17, 15) is 24.0 Å². The summed E-state index contributed by atoms with van der Waals surface area (Å²) in [6.45, 7) is 8.05. The molecule has 46 heavy (non-hydrogen) atoms. The van der Waals surface area contributed by atoms with Gasteiger partial charge in [0.15, 0.2) is 6.29 Å². The van der Waals surface area contributed by atoms with Crippen molar-refractivity contribution in [2.24, 2.45) is 0 Å². The van der Waals surface area contributed by atoms with E-state index in [2.05, 4.69) is 18.5 Å². The molecule has 0 unspecified atom stereocenters. The Morgan fingerprint density at radius 1 is 0.630 bits per heavy atom. The molecule has 3 aromatic carbocycles. The van der Waals surface area contributed by atoms with E-state index >= 15 is 0 Å². The van der Waals surface area contributed by atoms with Gasteiger partial charge in [-0.1, -0.05) is 13.2 Å². The van der Waals surface area contributed by atoms with E-state index in [4.69, 9.17) is 23.7 Å². The number of amides is 1. The van der Waals surface area contributed by atoms with Crippen molar-refractivity contribution in [2.45, 2.75) is 25.7 Å². The maximum atomic E-state index is 12.8. The quantitative estimate of drug-likeness (QED) is 0.0573. The molecule has 11 heteroatoms. The summed E-state index contributed by atoms with van der Waals surface area (Å²) >= 11 is 0. The van der Waals surface area contributed by atoms with Crippen molar-refractivity contribution in [3.63, 3.8) is 0 Å². The van der Waals surface area contributed by atoms with Gasteiger partial charge in [-0.3, -0.25) is 9.59 Å². The van der Waals surface area contributed by atoms with Gasteiger partial charge in [-0.2, -0.15) is 0 Å². The minimum absolute atomic E-state index is 0.125. The molecule has 0 fully saturated rings. The number of ether oxygens (including phenoxy) is 5. The number of hydrogen-bond donors (Lipinski definition) is 1. The Kier molecular flexibility index (Phi) is 14.2. The predicted molar refractivity (Wildman–Crippen MR) is 169 cm³/mol. The molecular formula is C35H35NO10. The highest BCUT2D eigenvalue weighted by Crippen LogP contribution is 2.23. The van der Waals surface area contributed by atoms with E-state index in [1.807, 2.05) is 0 Å². The molecule has 1 N–H and O–H groups in total. The first kappa shape index (κ1) is 34.8. The van der Waals surface area contributed by atoms with Crippen LogP contribution in [0.2, 0.25) is 0 Å². The number of anilines is 1. The Morgan fingerprint density at radius 2 is 1.11 bits per heavy atom. The summed E-state index contributed by atoms with van der Waals surface area (Å²) in [6, 6.07) is 17.2. The van der Waals surface area contributed by atoms with E-state index in [1.54, 1.807) is 48.5 Å². The second-order valence-electron chi connectivity index (χ2n) is 9.61. The summed E-state index contributed by atoms with van der Waals surface area (Å²) in [7, 11) is 0. The number of aldehydes is 1. The lowest BCUT2D eigenvalue weighted by Crippen LogP contribution is -2.14. The van der Waals surface area contributed by atoms with Crippen LogP contribution in [0.5, 0.6) is 17.2 Å². The minimum Gasteiger partial charge on any atom is -0.494 e. The summed E-state index contributed by atoms with van der Waals surface area (Å²) in [6.07, 6.45) is 5.40. The largest absolute Gasteiger partial charge is 0.494 e. The van der Waals surface area contributed by atoms with Crippen LogP contribution in [-0.4, -0.2) is 56.5 Å². The average Bonchev–Trinajstić information content (AvgIpc) is 3.08. The molecule has 0 aromatic heterocycles. The Hall–Kier alpha value is -5.71. The number of unbranched alkanes of at least 4 members (excludes halogenated alkanes) is 2. The summed E-state index contributed by atoms with van der Waals surface area (Å²) in [5.74, 6) is -0.745. The van der Waals surface area contributed by atoms with Crippen molar-refractivity contribution >= 4 is 35.8 Å². The molecule has 0 aliphatic carbocycles. The van der Waals surface area contributed by atoms with Gasteiger partial charge in [-0.25, -0.2) is 14.4 Å². The normalized spacial score (nSPS) is 10.2. The van der Waals surface area contributed by atoms with E-state index in [0.29, 0.717) is 62.2 Å². The summed E-state index contributed by atoms with van der Waals surface area (Å²) in [5.41, 5.74) is 0.991. The fourth-order valence-electron chi connectivity index (χ4n) is 3.82. The number of hydrogen-bond acceptors (Lipinski definition) is 10. The van der Waals surface area contributed by atoms with Gasteiger partial charge in [0.05, 0.1) is 37.7 Å². The molecule has 1 amide bonds. The maximum Gasteiger partial charge on any atom is 0.343 e. The lowest BCUT2D eigenvalue weighted by Gasteiger charge is -2.11. The predicted octanol–water partition coefficient (Wildman–Crippen LogP) is 5.75. The molecule has 0 aliphatic heterocycles. The fraction of sp³-hybridized carbons (Fsp3) is 0.229. The Morgan fingerprint density at radius 3 is 1.61 bits per heavy atom. The van der Waals surface area contributed by atoms with Crippen molar-refractivity contribution in [3.05, 3.63) is 109 Å². The highest BCUT2D eigenvalue weighted by Gasteiger charge is 2.14. The second-order valence-corrected chi connectivity index (χ2v) is 9.61. The van der Waals surface area contributed by atoms with Crippen LogP contribution in [0.25, 0.3) is 0 Å². The van der Waals surface area contributed by atoms with E-state index < -0.39 is 23.8 Å². The first-order chi connectivity index (χ1) is 22.3. The van der Waals surface area contributed by atoms with Crippen LogP contribution in [0, 0.1) is 0 Å². The molecular weight excluding hydrogens is 594 g/mol. The van der Waals surface area contributed by atoms with Crippen LogP contribution in [0.15, 0.2) is 92.0 Å². The molecule has 0 bridgehead atoms. The zero-order valence-corrected chi connectivity index (χ0v) is 25.2. The molecule has 0 heterocycles. The SMILES string of the molecule is C=CC(=O)OCCCCOc1ccc(C(=O)Nc2ccc(OC(=O)c3ccc(OCCCCOC(=O)C=C)cc3)cc2C=O)cc1. The van der Waals surface area contributed by atoms with Crippen LogP contribution in [0.4, 0.5) is 5.69 Å². The third kappa shape index (κ3) is 11.8. The van der Waals surface area contributed by atoms with Crippen LogP contribution >= 0.6 is 0 Å². The molecule has 0 radical (unpaired) electrons. The summed E-state index contributed by atoms with van der Waals surface area (Å²) in [4.78, 5) is 59.3. The highest BCUT2D eigenvalue weighted by molar-refractivity contribution is 6.06. The van der Waals surface area contributed by atoms with Crippen LogP contribution in [0.3, 0.4) is 0 Å². The van der Waals surface area contributed by atoms with Crippen LogP contribution in [-0.2, 0) is 19.1 Å². The maximum absolute atomic E-state index is 12.8. The first-order valence-electron chi connectivity index (χ1n) is 14.5. The van der Waals surface area contributed by atoms with Crippen molar-refractivity contribution in [3.8, 4) is 17.2 Å². The van der Waals surface area contributed by atoms with Gasteiger partial charge in [-0.05, 0) is 92.4 Å². The number of benzene rings is 3. The number of carbonyl (C=O) groups is 5. The standard InChI is InChI=1S/C35H35NO10/c1-3-32(38)44-21-7-5-19-42-28-13-9-25(10-14-28)34(40)36-31-18-17-30(23-27(31)24-37)46-35(41)26-11-15-29(16-12-26)43-20-6-8-22-45-33(39)4-2/h3-4,9-18,23-24H,1-2,5-8,19-22H2,(H,36,40). The van der Waals surface area contributed by atoms with E-state index in [1.165, 1.54) is 18.2 Å². The number of carbonyl (C=O) groups excluding carboxylic acids is 5. The van der Waals surface area contributed by atoms with Gasteiger partial charge in [-0.15, -0.1) is 0 Å². The molecule has 0 aliphatic rings. The van der Waals surface area contributed by atoms with Gasteiger partial charge >= 0.3 is 17.9 Å². The van der Waals surface area contributed by atoms with E-state index in [0.717, 1.165) is 12.2 Å². The summed E-state index contributed by atoms with van der Waals surface area (Å²) < 4.78 is 26.5. The van der Waals surface area contributed by atoms with Crippen LogP contribution < -0.4 is 19.5 Å². The van der Waals surface area contributed by atoms with Gasteiger partial charge in [0.25, 0.3) is 5.91 Å². The molecule has 0 spiro atoms. The van der Waals surface area contributed by atoms with Gasteiger partial charge in [0, 0.05) is 23.3 Å². The van der Waals surface area contributed by atoms with Gasteiger partial charge in [0.2, 0.25) is 0 Å². The Balaban J connectivity index is 1.45. The topological polar surface area (TPSA) is 144 Å². The lowest BCUT2D eigenvalue weighted by molar-refractivity contribution is -0.138. The molecule has 3 rings (SSSR count). The second kappa shape index (κ2) is 18.8. The lowest BCUT2D eigenvalue weighted by atomic mass is 10.1. The molecule has 240 valence electrons. The zero-order valence-electron chi connectivity index (χ0n) is 25.2. The highest BCUT2D eigenvalue weighted by atomic mass is 16.5. The third-order valence-corrected chi connectivity index (χ3v) is 6.25. The molecule has 3 aromatic rings. The van der Waals surface area contributed by atoms with Crippen molar-refractivity contribution in [1.82, 2.24) is 0 Å². The van der Waals surface area contributed by atoms with Crippen molar-refractivity contribution in [1.29, 1.82) is 0 Å². The smallest absolute Gasteiger partial charge is 0.343 e. The fourth-order valence-corrected chi connectivity index (χ4v) is 3.82. The zero-order chi connectivity index (χ0) is 33.1. The Labute approximate surface area is 266 Å². The van der Waals surface area contributed by atoms with Gasteiger partial charge < -0.3 is 29.0 Å². The van der Waals surface area contributed by atoms with E-state index in [-0.39, 0.29) is 35.8 Å². The number of esters is 3. The molecule has 0 atom stereocenters. The van der Waals surface area contributed by atoms with Crippen molar-refractivity contribution < 1.29 is 47.7 Å². The van der Waals surface area contributed by atoms with Crippen LogP contribution in [0.1, 0.15) is 56.8 Å². The van der Waals surface area contributed by atoms with Gasteiger partial charge in [0.1, 0.15) is 17.2 Å². The average molecular weight is 630 g/mol. The first-order valence-corrected chi connectivity index (χ1v) is 14.5. The van der Waals surface area contributed by atoms with Crippen molar-refractivity contribution in [2.75, 3.05) is 31.7 Å². The molecule has 0 saturated carbocycles. The molecule has 11 nitrogen and oxygen atoms in total. The summed E-state index contributed by atoms with van der Waals surface area (Å²) in [5, 5.41) is 2.69. The minimum atomic E-state index is -0.636. The number of rotatable bonds is 19. The number of nitrogens with one attached hydrogen (secondary N) is 1. The monoisotopic (exact) mass is 629 g/mol. The third-order valence-electron chi connectivity index (χ3n) is 6.25.